The third-order valence-corrected chi connectivity index (χ3v) is 4.40. The van der Waals surface area contributed by atoms with E-state index in [1.807, 2.05) is 20.8 Å². The zero-order valence-electron chi connectivity index (χ0n) is 11.9. The first-order valence-electron chi connectivity index (χ1n) is 6.86. The molecule has 0 amide bonds. The van der Waals surface area contributed by atoms with Crippen molar-refractivity contribution in [3.8, 4) is 0 Å². The van der Waals surface area contributed by atoms with Crippen molar-refractivity contribution in [2.45, 2.75) is 40.1 Å². The normalized spacial score (nSPS) is 42.4. The number of rotatable bonds is 4. The number of carbonyl (C=O) groups excluding carboxylic acids is 2. The number of Topliss-reactive ketones (excluding diaryl/α,β-unsaturated/α-hetero) is 1. The number of hydrogen-bond acceptors (Lipinski definition) is 5. The molecule has 0 aromatic carbocycles. The monoisotopic (exact) mass is 270 g/mol. The second-order valence-electron chi connectivity index (χ2n) is 5.71. The molecule has 6 atom stereocenters. The van der Waals surface area contributed by atoms with Crippen LogP contribution in [0.5, 0.6) is 0 Å². The standard InChI is InChI=1S/C14H22O5/c1-7-12(10(4)19-13(7)16)6-18-14-8(2)11(5-17-14)9(3)15/h7-8,10-12,14H,5-6H2,1-4H3/t7-,8-,10+,11-,12-,14+/m1/s1. The maximum absolute atomic E-state index is 11.4. The predicted molar refractivity (Wildman–Crippen MR) is 67.2 cm³/mol. The number of esters is 1. The average molecular weight is 270 g/mol. The van der Waals surface area contributed by atoms with Gasteiger partial charge in [-0.3, -0.25) is 9.59 Å². The van der Waals surface area contributed by atoms with E-state index in [2.05, 4.69) is 0 Å². The highest BCUT2D eigenvalue weighted by atomic mass is 16.7. The minimum Gasteiger partial charge on any atom is -0.462 e. The molecule has 2 aliphatic rings. The molecule has 0 aliphatic carbocycles. The Morgan fingerprint density at radius 3 is 2.53 bits per heavy atom. The number of ketones is 1. The lowest BCUT2D eigenvalue weighted by Gasteiger charge is -2.22. The molecule has 5 nitrogen and oxygen atoms in total. The molecule has 19 heavy (non-hydrogen) atoms. The Morgan fingerprint density at radius 1 is 1.37 bits per heavy atom. The van der Waals surface area contributed by atoms with Gasteiger partial charge in [-0.1, -0.05) is 13.8 Å². The van der Waals surface area contributed by atoms with E-state index in [4.69, 9.17) is 14.2 Å². The molecular weight excluding hydrogens is 248 g/mol. The van der Waals surface area contributed by atoms with Crippen molar-refractivity contribution in [1.82, 2.24) is 0 Å². The summed E-state index contributed by atoms with van der Waals surface area (Å²) in [5.41, 5.74) is 0. The summed E-state index contributed by atoms with van der Waals surface area (Å²) in [5, 5.41) is 0. The van der Waals surface area contributed by atoms with E-state index < -0.39 is 0 Å². The fraction of sp³-hybridized carbons (Fsp3) is 0.857. The highest BCUT2D eigenvalue weighted by Gasteiger charge is 2.42. The van der Waals surface area contributed by atoms with E-state index in [0.717, 1.165) is 0 Å². The molecular formula is C14H22O5. The summed E-state index contributed by atoms with van der Waals surface area (Å²) in [5.74, 6) is -0.139. The Kier molecular flexibility index (Phi) is 4.26. The highest BCUT2D eigenvalue weighted by Crippen LogP contribution is 2.32. The maximum Gasteiger partial charge on any atom is 0.309 e. The summed E-state index contributed by atoms with van der Waals surface area (Å²) in [6.07, 6.45) is -0.480. The molecule has 2 fully saturated rings. The molecule has 0 radical (unpaired) electrons. The van der Waals surface area contributed by atoms with Crippen LogP contribution < -0.4 is 0 Å². The van der Waals surface area contributed by atoms with Gasteiger partial charge in [0.05, 0.1) is 19.1 Å². The van der Waals surface area contributed by atoms with Gasteiger partial charge >= 0.3 is 5.97 Å². The van der Waals surface area contributed by atoms with Crippen molar-refractivity contribution in [2.24, 2.45) is 23.7 Å². The van der Waals surface area contributed by atoms with Crippen molar-refractivity contribution in [3.63, 3.8) is 0 Å². The molecule has 0 N–H and O–H groups in total. The first kappa shape index (κ1) is 14.5. The van der Waals surface area contributed by atoms with Gasteiger partial charge in [-0.25, -0.2) is 0 Å². The van der Waals surface area contributed by atoms with Gasteiger partial charge in [0.2, 0.25) is 0 Å². The summed E-state index contributed by atoms with van der Waals surface area (Å²) in [6.45, 7) is 8.14. The van der Waals surface area contributed by atoms with Gasteiger partial charge in [-0.15, -0.1) is 0 Å². The van der Waals surface area contributed by atoms with Gasteiger partial charge in [-0.05, 0) is 13.8 Å². The van der Waals surface area contributed by atoms with Gasteiger partial charge in [0.15, 0.2) is 6.29 Å². The number of carbonyl (C=O) groups is 2. The lowest BCUT2D eigenvalue weighted by molar-refractivity contribution is -0.143. The Balaban J connectivity index is 1.86. The highest BCUT2D eigenvalue weighted by molar-refractivity contribution is 5.79. The van der Waals surface area contributed by atoms with Gasteiger partial charge in [0.1, 0.15) is 11.9 Å². The molecule has 0 bridgehead atoms. The molecule has 0 aromatic rings. The molecule has 2 saturated heterocycles. The maximum atomic E-state index is 11.4. The largest absolute Gasteiger partial charge is 0.462 e. The minimum atomic E-state index is -0.357. The second kappa shape index (κ2) is 5.59. The SMILES string of the molecule is CC(=O)[C@@H]1CO[C@@H](OC[C@H]2[C@H](C)OC(=O)[C@@H]2C)[C@@H]1C. The third-order valence-electron chi connectivity index (χ3n) is 4.40. The summed E-state index contributed by atoms with van der Waals surface area (Å²) in [4.78, 5) is 22.9. The van der Waals surface area contributed by atoms with E-state index in [-0.39, 0.29) is 47.8 Å². The van der Waals surface area contributed by atoms with Crippen LogP contribution in [0.1, 0.15) is 27.7 Å². The van der Waals surface area contributed by atoms with Gasteiger partial charge in [0.25, 0.3) is 0 Å². The number of cyclic esters (lactones) is 1. The van der Waals surface area contributed by atoms with E-state index in [0.29, 0.717) is 13.2 Å². The molecule has 108 valence electrons. The fourth-order valence-corrected chi connectivity index (χ4v) is 2.82. The topological polar surface area (TPSA) is 61.8 Å². The van der Waals surface area contributed by atoms with E-state index in [1.54, 1.807) is 6.92 Å². The molecule has 0 unspecified atom stereocenters. The van der Waals surface area contributed by atoms with Gasteiger partial charge in [-0.2, -0.15) is 0 Å². The van der Waals surface area contributed by atoms with Crippen LogP contribution in [0, 0.1) is 23.7 Å². The zero-order chi connectivity index (χ0) is 14.2. The van der Waals surface area contributed by atoms with Crippen molar-refractivity contribution in [2.75, 3.05) is 13.2 Å². The van der Waals surface area contributed by atoms with Crippen LogP contribution in [0.15, 0.2) is 0 Å². The molecule has 2 aliphatic heterocycles. The van der Waals surface area contributed by atoms with Crippen molar-refractivity contribution >= 4 is 11.8 Å². The summed E-state index contributed by atoms with van der Waals surface area (Å²) in [7, 11) is 0. The summed E-state index contributed by atoms with van der Waals surface area (Å²) >= 11 is 0. The Hall–Kier alpha value is -0.940. The summed E-state index contributed by atoms with van der Waals surface area (Å²) in [6, 6.07) is 0. The summed E-state index contributed by atoms with van der Waals surface area (Å²) < 4.78 is 16.5. The molecule has 2 heterocycles. The van der Waals surface area contributed by atoms with Crippen LogP contribution in [0.2, 0.25) is 0 Å². The van der Waals surface area contributed by atoms with Crippen LogP contribution >= 0.6 is 0 Å². The molecule has 2 rings (SSSR count). The van der Waals surface area contributed by atoms with Gasteiger partial charge in [0, 0.05) is 17.8 Å². The Labute approximate surface area is 113 Å². The zero-order valence-corrected chi connectivity index (χ0v) is 11.9. The van der Waals surface area contributed by atoms with Crippen LogP contribution in [0.4, 0.5) is 0 Å². The number of ether oxygens (including phenoxy) is 3. The van der Waals surface area contributed by atoms with Crippen LogP contribution in [-0.4, -0.2) is 37.4 Å². The Morgan fingerprint density at radius 2 is 2.05 bits per heavy atom. The molecule has 0 saturated carbocycles. The first-order valence-corrected chi connectivity index (χ1v) is 6.86. The van der Waals surface area contributed by atoms with Crippen LogP contribution in [-0.2, 0) is 23.8 Å². The average Bonchev–Trinajstić information content (AvgIpc) is 2.80. The van der Waals surface area contributed by atoms with E-state index in [1.165, 1.54) is 0 Å². The molecule has 5 heteroatoms. The van der Waals surface area contributed by atoms with E-state index in [9.17, 15) is 9.59 Å². The van der Waals surface area contributed by atoms with Crippen LogP contribution in [0.25, 0.3) is 0 Å². The quantitative estimate of drug-likeness (QED) is 0.723. The van der Waals surface area contributed by atoms with Gasteiger partial charge < -0.3 is 14.2 Å². The fourth-order valence-electron chi connectivity index (χ4n) is 2.82. The number of hydrogen-bond donors (Lipinski definition) is 0. The first-order chi connectivity index (χ1) is 8.91. The molecule has 0 spiro atoms. The second-order valence-corrected chi connectivity index (χ2v) is 5.71. The molecule has 0 aromatic heterocycles. The Bertz CT molecular complexity index is 367. The van der Waals surface area contributed by atoms with Crippen molar-refractivity contribution in [3.05, 3.63) is 0 Å². The van der Waals surface area contributed by atoms with Crippen LogP contribution in [0.3, 0.4) is 0 Å². The van der Waals surface area contributed by atoms with Crippen molar-refractivity contribution < 1.29 is 23.8 Å². The van der Waals surface area contributed by atoms with Crippen molar-refractivity contribution in [1.29, 1.82) is 0 Å². The smallest absolute Gasteiger partial charge is 0.309 e. The van der Waals surface area contributed by atoms with E-state index >= 15 is 0 Å². The predicted octanol–water partition coefficient (Wildman–Crippen LogP) is 1.40. The lowest BCUT2D eigenvalue weighted by atomic mass is 9.92. The third kappa shape index (κ3) is 2.82. The lowest BCUT2D eigenvalue weighted by Crippen LogP contribution is -2.29. The minimum absolute atomic E-state index is 0.0553.